The molecule has 0 bridgehead atoms. The Labute approximate surface area is 67.4 Å². The number of carbonyl (C=O) groups is 1. The van der Waals surface area contributed by atoms with Crippen LogP contribution in [0.3, 0.4) is 0 Å². The van der Waals surface area contributed by atoms with Crippen molar-refractivity contribution in [3.63, 3.8) is 0 Å². The Morgan fingerprint density at radius 3 is 2.64 bits per heavy atom. The van der Waals surface area contributed by atoms with Crippen molar-refractivity contribution in [3.05, 3.63) is 0 Å². The van der Waals surface area contributed by atoms with Gasteiger partial charge in [0.1, 0.15) is 5.78 Å². The second-order valence-corrected chi connectivity index (χ2v) is 2.50. The molecular weight excluding hydrogens is 144 g/mol. The molecule has 0 amide bonds. The van der Waals surface area contributed by atoms with E-state index < -0.39 is 0 Å². The Bertz CT molecular complexity index is 102. The first-order valence-electron chi connectivity index (χ1n) is 3.95. The van der Waals surface area contributed by atoms with Crippen molar-refractivity contribution in [2.45, 2.75) is 26.2 Å². The lowest BCUT2D eigenvalue weighted by Crippen LogP contribution is -2.02. The number of unbranched alkanes of at least 4 members (excludes halogenated alkanes) is 1. The largest absolute Gasteiger partial charge is 0.396 e. The maximum atomic E-state index is 10.4. The van der Waals surface area contributed by atoms with Crippen molar-refractivity contribution in [1.29, 1.82) is 0 Å². The van der Waals surface area contributed by atoms with Crippen molar-refractivity contribution < 1.29 is 14.6 Å². The summed E-state index contributed by atoms with van der Waals surface area (Å²) >= 11 is 0. The van der Waals surface area contributed by atoms with Crippen LogP contribution in [0.1, 0.15) is 26.2 Å². The molecule has 3 nitrogen and oxygen atoms in total. The summed E-state index contributed by atoms with van der Waals surface area (Å²) in [4.78, 5) is 10.4. The first-order chi connectivity index (χ1) is 5.27. The first-order valence-corrected chi connectivity index (χ1v) is 3.95. The molecule has 0 aliphatic rings. The van der Waals surface area contributed by atoms with Gasteiger partial charge in [-0.25, -0.2) is 0 Å². The quantitative estimate of drug-likeness (QED) is 0.559. The van der Waals surface area contributed by atoms with E-state index >= 15 is 0 Å². The van der Waals surface area contributed by atoms with Gasteiger partial charge in [-0.1, -0.05) is 0 Å². The van der Waals surface area contributed by atoms with Gasteiger partial charge in [-0.2, -0.15) is 0 Å². The van der Waals surface area contributed by atoms with Crippen LogP contribution in [0.2, 0.25) is 0 Å². The minimum absolute atomic E-state index is 0.159. The minimum atomic E-state index is 0.159. The molecule has 0 fully saturated rings. The lowest BCUT2D eigenvalue weighted by Gasteiger charge is -2.00. The van der Waals surface area contributed by atoms with Crippen LogP contribution in [0.4, 0.5) is 0 Å². The molecule has 0 spiro atoms. The van der Waals surface area contributed by atoms with Crippen molar-refractivity contribution in [2.75, 3.05) is 19.8 Å². The van der Waals surface area contributed by atoms with Gasteiger partial charge in [-0.15, -0.1) is 0 Å². The van der Waals surface area contributed by atoms with E-state index in [-0.39, 0.29) is 12.4 Å². The van der Waals surface area contributed by atoms with E-state index in [0.29, 0.717) is 19.6 Å². The van der Waals surface area contributed by atoms with E-state index in [9.17, 15) is 4.79 Å². The Morgan fingerprint density at radius 2 is 2.09 bits per heavy atom. The van der Waals surface area contributed by atoms with Gasteiger partial charge in [0.05, 0.1) is 6.61 Å². The van der Waals surface area contributed by atoms with E-state index in [4.69, 9.17) is 9.84 Å². The molecule has 11 heavy (non-hydrogen) atoms. The maximum Gasteiger partial charge on any atom is 0.132 e. The third-order valence-electron chi connectivity index (χ3n) is 1.30. The second-order valence-electron chi connectivity index (χ2n) is 2.50. The summed E-state index contributed by atoms with van der Waals surface area (Å²) < 4.78 is 5.11. The van der Waals surface area contributed by atoms with E-state index in [2.05, 4.69) is 0 Å². The molecule has 0 aliphatic carbocycles. The smallest absolute Gasteiger partial charge is 0.132 e. The topological polar surface area (TPSA) is 46.5 Å². The van der Waals surface area contributed by atoms with Crippen molar-refractivity contribution in [2.24, 2.45) is 0 Å². The summed E-state index contributed by atoms with van der Waals surface area (Å²) in [5.41, 5.74) is 0. The molecule has 0 saturated heterocycles. The molecule has 0 aromatic heterocycles. The fourth-order valence-electron chi connectivity index (χ4n) is 0.634. The highest BCUT2D eigenvalue weighted by Crippen LogP contribution is 1.90. The number of carbonyl (C=O) groups excluding carboxylic acids is 1. The molecule has 3 heteroatoms. The third-order valence-corrected chi connectivity index (χ3v) is 1.30. The Kier molecular flexibility index (Phi) is 7.41. The van der Waals surface area contributed by atoms with E-state index in [1.165, 1.54) is 0 Å². The number of aliphatic hydroxyl groups excluding tert-OH is 1. The van der Waals surface area contributed by atoms with E-state index in [1.807, 2.05) is 0 Å². The monoisotopic (exact) mass is 160 g/mol. The molecule has 0 aliphatic heterocycles. The maximum absolute atomic E-state index is 10.4. The predicted octanol–water partition coefficient (Wildman–Crippen LogP) is 0.755. The lowest BCUT2D eigenvalue weighted by molar-refractivity contribution is -0.118. The number of aliphatic hydroxyl groups is 1. The fourth-order valence-corrected chi connectivity index (χ4v) is 0.634. The highest BCUT2D eigenvalue weighted by Gasteiger charge is 1.92. The number of ketones is 1. The molecule has 0 radical (unpaired) electrons. The fraction of sp³-hybridized carbons (Fsp3) is 0.875. The Morgan fingerprint density at radius 1 is 1.36 bits per heavy atom. The summed E-state index contributed by atoms with van der Waals surface area (Å²) in [5, 5.41) is 8.40. The van der Waals surface area contributed by atoms with E-state index in [0.717, 1.165) is 12.8 Å². The van der Waals surface area contributed by atoms with Gasteiger partial charge < -0.3 is 9.84 Å². The van der Waals surface area contributed by atoms with Gasteiger partial charge in [0.15, 0.2) is 0 Å². The molecule has 1 N–H and O–H groups in total. The molecule has 0 aromatic rings. The Balaban J connectivity index is 2.85. The molecular formula is C8H16O3. The van der Waals surface area contributed by atoms with Crippen LogP contribution in [0.25, 0.3) is 0 Å². The normalized spacial score (nSPS) is 10.0. The lowest BCUT2D eigenvalue weighted by atomic mass is 10.3. The van der Waals surface area contributed by atoms with Gasteiger partial charge in [-0.3, -0.25) is 4.79 Å². The highest BCUT2D eigenvalue weighted by atomic mass is 16.5. The van der Waals surface area contributed by atoms with Crippen LogP contribution in [0.5, 0.6) is 0 Å². The van der Waals surface area contributed by atoms with Gasteiger partial charge >= 0.3 is 0 Å². The van der Waals surface area contributed by atoms with Gasteiger partial charge in [-0.05, 0) is 19.8 Å². The molecule has 0 rings (SSSR count). The molecule has 0 aromatic carbocycles. The summed E-state index contributed by atoms with van der Waals surface area (Å²) in [7, 11) is 0. The Hall–Kier alpha value is -0.410. The van der Waals surface area contributed by atoms with Crippen LogP contribution in [0.15, 0.2) is 0 Å². The van der Waals surface area contributed by atoms with Crippen LogP contribution in [-0.2, 0) is 9.53 Å². The van der Waals surface area contributed by atoms with Crippen LogP contribution in [0, 0.1) is 0 Å². The summed E-state index contributed by atoms with van der Waals surface area (Å²) in [6.07, 6.45) is 2.15. The zero-order chi connectivity index (χ0) is 8.53. The number of hydrogen-bond acceptors (Lipinski definition) is 3. The third kappa shape index (κ3) is 9.59. The standard InChI is InChI=1S/C8H16O3/c1-8(10)4-7-11-6-3-2-5-9/h9H,2-7H2,1H3. The molecule has 0 atom stereocenters. The molecule has 0 unspecified atom stereocenters. The van der Waals surface area contributed by atoms with Gasteiger partial charge in [0.25, 0.3) is 0 Å². The van der Waals surface area contributed by atoms with Crippen LogP contribution < -0.4 is 0 Å². The average Bonchev–Trinajstić information content (AvgIpc) is 1.96. The average molecular weight is 160 g/mol. The first kappa shape index (κ1) is 10.6. The summed E-state index contributed by atoms with van der Waals surface area (Å²) in [5.74, 6) is 0.159. The minimum Gasteiger partial charge on any atom is -0.396 e. The number of ether oxygens (including phenoxy) is 1. The molecule has 66 valence electrons. The van der Waals surface area contributed by atoms with Crippen molar-refractivity contribution in [3.8, 4) is 0 Å². The zero-order valence-electron chi connectivity index (χ0n) is 7.01. The SMILES string of the molecule is CC(=O)CCOCCCCO. The molecule has 0 saturated carbocycles. The predicted molar refractivity (Wildman–Crippen MR) is 42.4 cm³/mol. The summed E-state index contributed by atoms with van der Waals surface area (Å²) in [6.45, 7) is 2.93. The number of Topliss-reactive ketones (excluding diaryl/α,β-unsaturated/α-hetero) is 1. The second kappa shape index (κ2) is 7.69. The van der Waals surface area contributed by atoms with Crippen molar-refractivity contribution >= 4 is 5.78 Å². The van der Waals surface area contributed by atoms with Gasteiger partial charge in [0, 0.05) is 19.6 Å². The highest BCUT2D eigenvalue weighted by molar-refractivity contribution is 5.75. The van der Waals surface area contributed by atoms with Gasteiger partial charge in [0.2, 0.25) is 0 Å². The number of hydrogen-bond donors (Lipinski definition) is 1. The molecule has 0 heterocycles. The zero-order valence-corrected chi connectivity index (χ0v) is 7.01. The number of rotatable bonds is 7. The van der Waals surface area contributed by atoms with Crippen LogP contribution in [-0.4, -0.2) is 30.7 Å². The van der Waals surface area contributed by atoms with Crippen LogP contribution >= 0.6 is 0 Å². The van der Waals surface area contributed by atoms with Crippen molar-refractivity contribution in [1.82, 2.24) is 0 Å². The summed E-state index contributed by atoms with van der Waals surface area (Å²) in [6, 6.07) is 0. The van der Waals surface area contributed by atoms with E-state index in [1.54, 1.807) is 6.92 Å².